The highest BCUT2D eigenvalue weighted by Crippen LogP contribution is 2.28. The second-order valence-corrected chi connectivity index (χ2v) is 6.97. The summed E-state index contributed by atoms with van der Waals surface area (Å²) in [4.78, 5) is 12.1. The second kappa shape index (κ2) is 8.27. The van der Waals surface area contributed by atoms with E-state index in [1.807, 2.05) is 43.5 Å². The lowest BCUT2D eigenvalue weighted by molar-refractivity contribution is -0.119. The minimum absolute atomic E-state index is 0.0158. The highest BCUT2D eigenvalue weighted by molar-refractivity contribution is 7.99. The minimum Gasteiger partial charge on any atom is -0.469 e. The monoisotopic (exact) mass is 374 g/mol. The van der Waals surface area contributed by atoms with E-state index in [0.717, 1.165) is 23.5 Å². The van der Waals surface area contributed by atoms with Crippen LogP contribution in [0.15, 0.2) is 44.7 Å². The van der Waals surface area contributed by atoms with E-state index in [-0.39, 0.29) is 17.7 Å². The van der Waals surface area contributed by atoms with Crippen molar-refractivity contribution in [1.29, 1.82) is 0 Å². The molecule has 26 heavy (non-hydrogen) atoms. The fourth-order valence-corrected chi connectivity index (χ4v) is 3.21. The van der Waals surface area contributed by atoms with E-state index in [1.165, 1.54) is 11.8 Å². The third-order valence-electron chi connectivity index (χ3n) is 4.06. The van der Waals surface area contributed by atoms with Gasteiger partial charge in [0.2, 0.25) is 5.91 Å². The Morgan fingerprint density at radius 2 is 2.15 bits per heavy atom. The molecule has 7 nitrogen and oxygen atoms in total. The number of aryl methyl sites for hydroxylation is 1. The van der Waals surface area contributed by atoms with Crippen molar-refractivity contribution in [2.75, 3.05) is 5.75 Å². The minimum atomic E-state index is -0.0158. The highest BCUT2D eigenvalue weighted by atomic mass is 32.2. The summed E-state index contributed by atoms with van der Waals surface area (Å²) in [5, 5.41) is 12.2. The van der Waals surface area contributed by atoms with Crippen LogP contribution in [0.25, 0.3) is 11.4 Å². The topological polar surface area (TPSA) is 86.1 Å². The Morgan fingerprint density at radius 3 is 2.81 bits per heavy atom. The van der Waals surface area contributed by atoms with Crippen molar-refractivity contribution in [1.82, 2.24) is 20.1 Å². The van der Waals surface area contributed by atoms with Gasteiger partial charge in [-0.25, -0.2) is 0 Å². The molecule has 0 saturated heterocycles. The molecule has 0 aliphatic heterocycles. The molecule has 1 atom stereocenters. The van der Waals surface area contributed by atoms with Gasteiger partial charge in [0.25, 0.3) is 0 Å². The van der Waals surface area contributed by atoms with Gasteiger partial charge < -0.3 is 14.2 Å². The maximum Gasteiger partial charge on any atom is 0.230 e. The summed E-state index contributed by atoms with van der Waals surface area (Å²) < 4.78 is 12.8. The van der Waals surface area contributed by atoms with Crippen LogP contribution in [0.3, 0.4) is 0 Å². The highest BCUT2D eigenvalue weighted by Gasteiger charge is 2.19. The fraction of sp³-hybridized carbons (Fsp3) is 0.389. The molecular formula is C18H22N4O3S. The van der Waals surface area contributed by atoms with Crippen LogP contribution in [-0.4, -0.2) is 32.5 Å². The maximum absolute atomic E-state index is 12.1. The van der Waals surface area contributed by atoms with Crippen LogP contribution in [0.2, 0.25) is 0 Å². The van der Waals surface area contributed by atoms with Crippen LogP contribution >= 0.6 is 11.8 Å². The number of hydrogen-bond acceptors (Lipinski definition) is 6. The van der Waals surface area contributed by atoms with Crippen molar-refractivity contribution < 1.29 is 13.6 Å². The molecule has 0 saturated carbocycles. The molecule has 3 heterocycles. The van der Waals surface area contributed by atoms with Crippen LogP contribution in [-0.2, 0) is 11.3 Å². The van der Waals surface area contributed by atoms with Gasteiger partial charge in [0.05, 0.1) is 30.4 Å². The Kier molecular flexibility index (Phi) is 5.82. The Bertz CT molecular complexity index is 854. The zero-order valence-electron chi connectivity index (χ0n) is 15.1. The quantitative estimate of drug-likeness (QED) is 0.607. The zero-order valence-corrected chi connectivity index (χ0v) is 15.9. The summed E-state index contributed by atoms with van der Waals surface area (Å²) in [6.45, 7) is 6.39. The van der Waals surface area contributed by atoms with Gasteiger partial charge in [-0.3, -0.25) is 9.36 Å². The molecule has 0 spiro atoms. The lowest BCUT2D eigenvalue weighted by Gasteiger charge is -2.11. The first kappa shape index (κ1) is 18.3. The third-order valence-corrected chi connectivity index (χ3v) is 5.03. The molecule has 1 N–H and O–H groups in total. The van der Waals surface area contributed by atoms with Crippen LogP contribution in [0.5, 0.6) is 0 Å². The second-order valence-electron chi connectivity index (χ2n) is 6.03. The molecule has 8 heteroatoms. The molecule has 0 bridgehead atoms. The van der Waals surface area contributed by atoms with Gasteiger partial charge in [-0.05, 0) is 38.5 Å². The first-order valence-corrected chi connectivity index (χ1v) is 9.49. The summed E-state index contributed by atoms with van der Waals surface area (Å²) in [5.74, 6) is 2.52. The van der Waals surface area contributed by atoms with Crippen molar-refractivity contribution in [3.05, 3.63) is 42.2 Å². The van der Waals surface area contributed by atoms with Crippen LogP contribution < -0.4 is 5.32 Å². The molecule has 138 valence electrons. The number of nitrogens with one attached hydrogen (secondary N) is 1. The maximum atomic E-state index is 12.1. The summed E-state index contributed by atoms with van der Waals surface area (Å²) in [5.41, 5.74) is 0.875. The summed E-state index contributed by atoms with van der Waals surface area (Å²) in [6, 6.07) is 5.76. The van der Waals surface area contributed by atoms with E-state index in [1.54, 1.807) is 12.5 Å². The lowest BCUT2D eigenvalue weighted by Crippen LogP contribution is -2.33. The molecule has 0 aromatic carbocycles. The Hall–Kier alpha value is -2.48. The Balaban J connectivity index is 1.82. The third kappa shape index (κ3) is 4.19. The van der Waals surface area contributed by atoms with Crippen molar-refractivity contribution >= 4 is 17.7 Å². The van der Waals surface area contributed by atoms with E-state index >= 15 is 0 Å². The fourth-order valence-electron chi connectivity index (χ4n) is 2.46. The van der Waals surface area contributed by atoms with Gasteiger partial charge in [-0.2, -0.15) is 0 Å². The number of furan rings is 2. The van der Waals surface area contributed by atoms with E-state index in [9.17, 15) is 4.79 Å². The van der Waals surface area contributed by atoms with E-state index in [0.29, 0.717) is 17.5 Å². The number of rotatable bonds is 8. The van der Waals surface area contributed by atoms with Gasteiger partial charge in [0.1, 0.15) is 11.5 Å². The standard InChI is InChI=1S/C18H22N4O3S/c1-4-12(2)19-16(23)11-26-18-21-20-17(15-7-9-24-13(15)3)22(18)10-14-6-5-8-25-14/h5-9,12H,4,10-11H2,1-3H3,(H,19,23)/t12-/m0/s1. The first-order chi connectivity index (χ1) is 12.6. The zero-order chi connectivity index (χ0) is 18.5. The smallest absolute Gasteiger partial charge is 0.230 e. The summed E-state index contributed by atoms with van der Waals surface area (Å²) in [7, 11) is 0. The number of aromatic nitrogens is 3. The molecular weight excluding hydrogens is 352 g/mol. The number of carbonyl (C=O) groups is 1. The Labute approximate surface area is 156 Å². The SMILES string of the molecule is CC[C@H](C)NC(=O)CSc1nnc(-c2ccoc2C)n1Cc1ccco1. The number of carbonyl (C=O) groups excluding carboxylic acids is 1. The van der Waals surface area contributed by atoms with E-state index in [2.05, 4.69) is 15.5 Å². The normalized spacial score (nSPS) is 12.3. The van der Waals surface area contributed by atoms with Crippen molar-refractivity contribution in [3.8, 4) is 11.4 Å². The largest absolute Gasteiger partial charge is 0.469 e. The van der Waals surface area contributed by atoms with Crippen molar-refractivity contribution in [2.24, 2.45) is 0 Å². The van der Waals surface area contributed by atoms with Crippen molar-refractivity contribution in [2.45, 2.75) is 44.9 Å². The molecule has 3 aromatic rings. The molecule has 0 aliphatic rings. The van der Waals surface area contributed by atoms with Gasteiger partial charge in [0, 0.05) is 6.04 Å². The van der Waals surface area contributed by atoms with Gasteiger partial charge in [-0.1, -0.05) is 18.7 Å². The lowest BCUT2D eigenvalue weighted by atomic mass is 10.2. The molecule has 3 rings (SSSR count). The molecule has 0 aliphatic carbocycles. The van der Waals surface area contributed by atoms with Crippen LogP contribution in [0.4, 0.5) is 0 Å². The predicted octanol–water partition coefficient (Wildman–Crippen LogP) is 3.49. The Morgan fingerprint density at radius 1 is 1.31 bits per heavy atom. The van der Waals surface area contributed by atoms with Crippen molar-refractivity contribution in [3.63, 3.8) is 0 Å². The summed E-state index contributed by atoms with van der Waals surface area (Å²) in [6.07, 6.45) is 4.16. The van der Waals surface area contributed by atoms with Gasteiger partial charge in [0.15, 0.2) is 11.0 Å². The number of hydrogen-bond donors (Lipinski definition) is 1. The molecule has 0 fully saturated rings. The number of nitrogens with zero attached hydrogens (tertiary/aromatic N) is 3. The van der Waals surface area contributed by atoms with Gasteiger partial charge >= 0.3 is 0 Å². The molecule has 0 radical (unpaired) electrons. The predicted molar refractivity (Wildman–Crippen MR) is 98.9 cm³/mol. The van der Waals surface area contributed by atoms with Crippen LogP contribution in [0, 0.1) is 6.92 Å². The molecule has 1 amide bonds. The average molecular weight is 374 g/mol. The first-order valence-electron chi connectivity index (χ1n) is 8.50. The van der Waals surface area contributed by atoms with Crippen LogP contribution in [0.1, 0.15) is 31.8 Å². The van der Waals surface area contributed by atoms with Gasteiger partial charge in [-0.15, -0.1) is 10.2 Å². The average Bonchev–Trinajstić information content (AvgIpc) is 3.35. The van der Waals surface area contributed by atoms with E-state index in [4.69, 9.17) is 8.83 Å². The molecule has 3 aromatic heterocycles. The number of amides is 1. The molecule has 0 unspecified atom stereocenters. The summed E-state index contributed by atoms with van der Waals surface area (Å²) >= 11 is 1.36. The number of thioether (sulfide) groups is 1. The van der Waals surface area contributed by atoms with E-state index < -0.39 is 0 Å².